The molecule has 9 nitrogen and oxygen atoms in total. The number of aromatic nitrogens is 2. The number of rotatable bonds is 6. The lowest BCUT2D eigenvalue weighted by Gasteiger charge is -2.36. The fraction of sp³-hybridized carbons (Fsp3) is 0.346. The van der Waals surface area contributed by atoms with Crippen LogP contribution in [0.25, 0.3) is 5.69 Å². The summed E-state index contributed by atoms with van der Waals surface area (Å²) < 4.78 is 35.2. The van der Waals surface area contributed by atoms with Gasteiger partial charge >= 0.3 is 5.56 Å². The molecule has 5 rings (SSSR count). The van der Waals surface area contributed by atoms with E-state index < -0.39 is 10.0 Å². The third-order valence-corrected chi connectivity index (χ3v) is 8.90. The summed E-state index contributed by atoms with van der Waals surface area (Å²) >= 11 is 6.14. The summed E-state index contributed by atoms with van der Waals surface area (Å²) in [6, 6.07) is 14.8. The van der Waals surface area contributed by atoms with Crippen molar-refractivity contribution in [2.24, 2.45) is 0 Å². The van der Waals surface area contributed by atoms with Gasteiger partial charge in [-0.15, -0.1) is 0 Å². The largest absolute Gasteiger partial charge is 0.483 e. The van der Waals surface area contributed by atoms with Crippen molar-refractivity contribution in [1.29, 1.82) is 5.26 Å². The number of nitriles is 1. The van der Waals surface area contributed by atoms with E-state index in [0.717, 1.165) is 25.7 Å². The SMILES string of the molecule is N#Cc1ccc(S(=O)(=O)N2CCN(c3cnn(-c4cccc(Cl)c4)c(=O)c3OC3CCCC3)CC2)cc1. The van der Waals surface area contributed by atoms with Crippen molar-refractivity contribution in [2.75, 3.05) is 31.1 Å². The molecule has 1 saturated carbocycles. The number of sulfonamides is 1. The molecule has 1 aromatic heterocycles. The number of hydrogen-bond acceptors (Lipinski definition) is 7. The fourth-order valence-electron chi connectivity index (χ4n) is 4.75. The van der Waals surface area contributed by atoms with E-state index in [0.29, 0.717) is 35.1 Å². The zero-order valence-electron chi connectivity index (χ0n) is 20.1. The molecule has 0 N–H and O–H groups in total. The Morgan fingerprint density at radius 1 is 1.03 bits per heavy atom. The first-order chi connectivity index (χ1) is 17.9. The lowest BCUT2D eigenvalue weighted by atomic mass is 10.2. The Balaban J connectivity index is 1.41. The molecule has 192 valence electrons. The Kier molecular flexibility index (Phi) is 7.20. The van der Waals surface area contributed by atoms with Crippen molar-refractivity contribution in [3.05, 3.63) is 75.7 Å². The first kappa shape index (κ1) is 25.3. The van der Waals surface area contributed by atoms with Crippen LogP contribution in [0.2, 0.25) is 5.02 Å². The van der Waals surface area contributed by atoms with E-state index >= 15 is 0 Å². The minimum absolute atomic E-state index is 0.0419. The van der Waals surface area contributed by atoms with Crippen LogP contribution in [0.4, 0.5) is 5.69 Å². The topological polar surface area (TPSA) is 109 Å². The van der Waals surface area contributed by atoms with Gasteiger partial charge in [-0.1, -0.05) is 17.7 Å². The number of benzene rings is 2. The molecule has 0 bridgehead atoms. The average molecular weight is 540 g/mol. The summed E-state index contributed by atoms with van der Waals surface area (Å²) in [5, 5.41) is 13.9. The summed E-state index contributed by atoms with van der Waals surface area (Å²) in [7, 11) is -3.70. The molecule has 11 heteroatoms. The molecule has 0 amide bonds. The Morgan fingerprint density at radius 3 is 2.38 bits per heavy atom. The summed E-state index contributed by atoms with van der Waals surface area (Å²) in [6.45, 7) is 1.23. The maximum Gasteiger partial charge on any atom is 0.316 e. The summed E-state index contributed by atoms with van der Waals surface area (Å²) in [4.78, 5) is 15.7. The molecular formula is C26H26ClN5O4S. The molecule has 1 saturated heterocycles. The van der Waals surface area contributed by atoms with Crippen LogP contribution in [0.1, 0.15) is 31.2 Å². The molecule has 0 radical (unpaired) electrons. The van der Waals surface area contributed by atoms with Gasteiger partial charge in [0.2, 0.25) is 15.8 Å². The van der Waals surface area contributed by atoms with Crippen LogP contribution in [0.15, 0.2) is 64.4 Å². The molecular weight excluding hydrogens is 514 g/mol. The molecule has 1 aliphatic heterocycles. The van der Waals surface area contributed by atoms with Gasteiger partial charge in [-0.05, 0) is 68.1 Å². The molecule has 2 heterocycles. The van der Waals surface area contributed by atoms with E-state index in [-0.39, 0.29) is 35.4 Å². The fourth-order valence-corrected chi connectivity index (χ4v) is 6.36. The Bertz CT molecular complexity index is 1490. The van der Waals surface area contributed by atoms with E-state index in [4.69, 9.17) is 21.6 Å². The molecule has 1 aliphatic carbocycles. The van der Waals surface area contributed by atoms with Gasteiger partial charge in [-0.3, -0.25) is 4.79 Å². The smallest absolute Gasteiger partial charge is 0.316 e. The lowest BCUT2D eigenvalue weighted by molar-refractivity contribution is 0.205. The predicted octanol–water partition coefficient (Wildman–Crippen LogP) is 3.59. The number of anilines is 1. The molecule has 0 atom stereocenters. The van der Waals surface area contributed by atoms with Crippen LogP contribution < -0.4 is 15.2 Å². The third kappa shape index (κ3) is 5.21. The number of halogens is 1. The lowest BCUT2D eigenvalue weighted by Crippen LogP contribution is -2.49. The Morgan fingerprint density at radius 2 is 1.73 bits per heavy atom. The van der Waals surface area contributed by atoms with Crippen LogP contribution in [0, 0.1) is 11.3 Å². The first-order valence-electron chi connectivity index (χ1n) is 12.2. The van der Waals surface area contributed by atoms with E-state index in [9.17, 15) is 13.2 Å². The molecule has 2 fully saturated rings. The highest BCUT2D eigenvalue weighted by atomic mass is 35.5. The van der Waals surface area contributed by atoms with Gasteiger partial charge in [0, 0.05) is 31.2 Å². The minimum Gasteiger partial charge on any atom is -0.483 e. The number of nitrogens with zero attached hydrogens (tertiary/aromatic N) is 5. The maximum absolute atomic E-state index is 13.6. The van der Waals surface area contributed by atoms with Gasteiger partial charge in [0.15, 0.2) is 0 Å². The van der Waals surface area contributed by atoms with Crippen molar-refractivity contribution in [3.8, 4) is 17.5 Å². The van der Waals surface area contributed by atoms with Crippen molar-refractivity contribution in [2.45, 2.75) is 36.7 Å². The highest BCUT2D eigenvalue weighted by Gasteiger charge is 2.31. The van der Waals surface area contributed by atoms with Gasteiger partial charge in [0.05, 0.1) is 34.5 Å². The number of piperazine rings is 1. The third-order valence-electron chi connectivity index (χ3n) is 6.75. The first-order valence-corrected chi connectivity index (χ1v) is 14.0. The maximum atomic E-state index is 13.6. The quantitative estimate of drug-likeness (QED) is 0.471. The second-order valence-electron chi connectivity index (χ2n) is 9.11. The molecule has 2 aliphatic rings. The van der Waals surface area contributed by atoms with Gasteiger partial charge in [-0.2, -0.15) is 19.3 Å². The van der Waals surface area contributed by atoms with Gasteiger partial charge in [0.25, 0.3) is 0 Å². The Labute approximate surface area is 220 Å². The highest BCUT2D eigenvalue weighted by Crippen LogP contribution is 2.31. The highest BCUT2D eigenvalue weighted by molar-refractivity contribution is 7.89. The number of ether oxygens (including phenoxy) is 1. The second kappa shape index (κ2) is 10.5. The molecule has 37 heavy (non-hydrogen) atoms. The van der Waals surface area contributed by atoms with E-state index in [1.54, 1.807) is 30.5 Å². The summed E-state index contributed by atoms with van der Waals surface area (Å²) in [5.41, 5.74) is 1.13. The van der Waals surface area contributed by atoms with Crippen LogP contribution in [0.5, 0.6) is 5.75 Å². The second-order valence-corrected chi connectivity index (χ2v) is 11.5. The molecule has 0 unspecified atom stereocenters. The van der Waals surface area contributed by atoms with E-state index in [1.807, 2.05) is 11.0 Å². The van der Waals surface area contributed by atoms with Crippen LogP contribution in [0.3, 0.4) is 0 Å². The average Bonchev–Trinajstić information content (AvgIpc) is 3.43. The standard InChI is InChI=1S/C26H26ClN5O4S/c27-20-4-3-5-21(16-20)32-26(33)25(36-22-6-1-2-7-22)24(18-29-32)30-12-14-31(15-13-30)37(34,35)23-10-8-19(17-28)9-11-23/h3-5,8-11,16,18,22H,1-2,6-7,12-15H2. The summed E-state index contributed by atoms with van der Waals surface area (Å²) in [6.07, 6.45) is 5.44. The van der Waals surface area contributed by atoms with Crippen molar-refractivity contribution in [1.82, 2.24) is 14.1 Å². The molecule has 0 spiro atoms. The van der Waals surface area contributed by atoms with Crippen LogP contribution in [-0.4, -0.2) is 54.8 Å². The van der Waals surface area contributed by atoms with Gasteiger partial charge < -0.3 is 9.64 Å². The minimum atomic E-state index is -3.70. The normalized spacial score (nSPS) is 17.0. The van der Waals surface area contributed by atoms with Gasteiger partial charge in [-0.25, -0.2) is 8.42 Å². The van der Waals surface area contributed by atoms with E-state index in [1.165, 1.54) is 33.3 Å². The zero-order chi connectivity index (χ0) is 26.0. The molecule has 2 aromatic carbocycles. The van der Waals surface area contributed by atoms with Crippen molar-refractivity contribution >= 4 is 27.3 Å². The van der Waals surface area contributed by atoms with Crippen LogP contribution in [-0.2, 0) is 10.0 Å². The zero-order valence-corrected chi connectivity index (χ0v) is 21.7. The van der Waals surface area contributed by atoms with Crippen molar-refractivity contribution < 1.29 is 13.2 Å². The van der Waals surface area contributed by atoms with Crippen molar-refractivity contribution in [3.63, 3.8) is 0 Å². The molecule has 3 aromatic rings. The predicted molar refractivity (Wildman–Crippen MR) is 140 cm³/mol. The monoisotopic (exact) mass is 539 g/mol. The van der Waals surface area contributed by atoms with Gasteiger partial charge in [0.1, 0.15) is 5.69 Å². The Hall–Kier alpha value is -3.39. The van der Waals surface area contributed by atoms with Crippen LogP contribution >= 0.6 is 11.6 Å². The number of hydrogen-bond donors (Lipinski definition) is 0. The van der Waals surface area contributed by atoms with E-state index in [2.05, 4.69) is 5.10 Å². The summed E-state index contributed by atoms with van der Waals surface area (Å²) in [5.74, 6) is 0.227.